The van der Waals surface area contributed by atoms with E-state index in [1.54, 1.807) is 0 Å². The molecule has 0 saturated carbocycles. The van der Waals surface area contributed by atoms with Gasteiger partial charge in [0, 0.05) is 0 Å². The van der Waals surface area contributed by atoms with Gasteiger partial charge < -0.3 is 0 Å². The van der Waals surface area contributed by atoms with Gasteiger partial charge in [-0.15, -0.1) is 0 Å². The third-order valence-corrected chi connectivity index (χ3v) is 1.75. The Labute approximate surface area is 62.2 Å². The maximum Gasteiger partial charge on any atom is -0.0204 e. The van der Waals surface area contributed by atoms with Crippen LogP contribution in [-0.2, 0) is 0 Å². The van der Waals surface area contributed by atoms with E-state index in [9.17, 15) is 0 Å². The molecule has 0 N–H and O–H groups in total. The van der Waals surface area contributed by atoms with Crippen LogP contribution < -0.4 is 0 Å². The zero-order valence-corrected chi connectivity index (χ0v) is 6.52. The first-order valence-electron chi connectivity index (χ1n) is 3.44. The third-order valence-electron chi connectivity index (χ3n) is 1.75. The maximum atomic E-state index is 3.75. The largest absolute Gasteiger partial charge is 0.0985 e. The van der Waals surface area contributed by atoms with E-state index in [-0.39, 0.29) is 0 Å². The van der Waals surface area contributed by atoms with Crippen LogP contribution in [-0.4, -0.2) is 0 Å². The summed E-state index contributed by atoms with van der Waals surface area (Å²) in [5.41, 5.74) is 3.87. The molecule has 0 bridgehead atoms. The number of hydrogen-bond acceptors (Lipinski definition) is 0. The Kier molecular flexibility index (Phi) is 1.91. The minimum Gasteiger partial charge on any atom is -0.0985 e. The lowest BCUT2D eigenvalue weighted by atomic mass is 10.0. The molecule has 0 aliphatic heterocycles. The summed E-state index contributed by atoms with van der Waals surface area (Å²) < 4.78 is 0. The van der Waals surface area contributed by atoms with E-state index in [1.165, 1.54) is 16.7 Å². The minimum absolute atomic E-state index is 1.27. The molecule has 0 radical (unpaired) electrons. The molecule has 0 nitrogen and oxygen atoms in total. The number of aryl methyl sites for hydroxylation is 2. The lowest BCUT2D eigenvalue weighted by Gasteiger charge is -2.02. The van der Waals surface area contributed by atoms with Gasteiger partial charge in [0.05, 0.1) is 0 Å². The van der Waals surface area contributed by atoms with Gasteiger partial charge in [-0.2, -0.15) is 0 Å². The molecule has 0 amide bonds. The quantitative estimate of drug-likeness (QED) is 0.551. The molecule has 0 saturated heterocycles. The van der Waals surface area contributed by atoms with Gasteiger partial charge in [0.25, 0.3) is 0 Å². The van der Waals surface area contributed by atoms with Crippen LogP contribution in [0.2, 0.25) is 0 Å². The monoisotopic (exact) mass is 132 g/mol. The van der Waals surface area contributed by atoms with Crippen molar-refractivity contribution in [1.29, 1.82) is 0 Å². The van der Waals surface area contributed by atoms with E-state index >= 15 is 0 Å². The summed E-state index contributed by atoms with van der Waals surface area (Å²) in [6.45, 7) is 7.96. The van der Waals surface area contributed by atoms with Gasteiger partial charge in [0.15, 0.2) is 0 Å². The average Bonchev–Trinajstić information content (AvgIpc) is 1.88. The highest BCUT2D eigenvalue weighted by molar-refractivity contribution is 5.55. The Hall–Kier alpha value is -1.04. The molecule has 0 aliphatic carbocycles. The van der Waals surface area contributed by atoms with Gasteiger partial charge in [0.1, 0.15) is 0 Å². The van der Waals surface area contributed by atoms with E-state index in [4.69, 9.17) is 0 Å². The van der Waals surface area contributed by atoms with E-state index in [0.717, 1.165) is 0 Å². The van der Waals surface area contributed by atoms with E-state index in [1.807, 2.05) is 6.08 Å². The van der Waals surface area contributed by atoms with Crippen LogP contribution in [0.25, 0.3) is 6.08 Å². The van der Waals surface area contributed by atoms with Crippen LogP contribution in [0.1, 0.15) is 16.7 Å². The SMILES string of the molecule is C=Cc1c(C)cccc1C. The molecule has 0 aliphatic rings. The van der Waals surface area contributed by atoms with E-state index in [0.29, 0.717) is 0 Å². The molecule has 0 spiro atoms. The third kappa shape index (κ3) is 1.10. The fourth-order valence-corrected chi connectivity index (χ4v) is 1.15. The Bertz CT molecular complexity index is 226. The second kappa shape index (κ2) is 2.70. The second-order valence-electron chi connectivity index (χ2n) is 2.51. The van der Waals surface area contributed by atoms with Gasteiger partial charge in [-0.3, -0.25) is 0 Å². The van der Waals surface area contributed by atoms with Gasteiger partial charge in [0.2, 0.25) is 0 Å². The highest BCUT2D eigenvalue weighted by Gasteiger charge is 1.94. The highest BCUT2D eigenvalue weighted by atomic mass is 14.0. The van der Waals surface area contributed by atoms with Crippen molar-refractivity contribution in [2.24, 2.45) is 0 Å². The van der Waals surface area contributed by atoms with Gasteiger partial charge in [-0.1, -0.05) is 30.9 Å². The zero-order valence-electron chi connectivity index (χ0n) is 6.52. The predicted octanol–water partition coefficient (Wildman–Crippen LogP) is 2.95. The fraction of sp³-hybridized carbons (Fsp3) is 0.200. The van der Waals surface area contributed by atoms with Crippen LogP contribution in [0.3, 0.4) is 0 Å². The Morgan fingerprint density at radius 3 is 2.00 bits per heavy atom. The molecule has 52 valence electrons. The standard InChI is InChI=1S/C10H12/c1-4-10-8(2)6-5-7-9(10)3/h4-7H,1H2,2-3H3. The highest BCUT2D eigenvalue weighted by Crippen LogP contribution is 2.13. The first-order valence-corrected chi connectivity index (χ1v) is 3.44. The van der Waals surface area contributed by atoms with E-state index < -0.39 is 0 Å². The zero-order chi connectivity index (χ0) is 7.56. The van der Waals surface area contributed by atoms with Crippen LogP contribution in [0.4, 0.5) is 0 Å². The second-order valence-corrected chi connectivity index (χ2v) is 2.51. The molecule has 1 rings (SSSR count). The van der Waals surface area contributed by atoms with Crippen molar-refractivity contribution in [2.45, 2.75) is 13.8 Å². The molecule has 10 heavy (non-hydrogen) atoms. The molecule has 1 aromatic rings. The Morgan fingerprint density at radius 1 is 1.20 bits per heavy atom. The summed E-state index contributed by atoms with van der Waals surface area (Å²) in [7, 11) is 0. The van der Waals surface area contributed by atoms with Crippen molar-refractivity contribution >= 4 is 6.08 Å². The fourth-order valence-electron chi connectivity index (χ4n) is 1.15. The van der Waals surface area contributed by atoms with Crippen molar-refractivity contribution in [2.75, 3.05) is 0 Å². The summed E-state index contributed by atoms with van der Waals surface area (Å²) in [6.07, 6.45) is 1.91. The van der Waals surface area contributed by atoms with Crippen molar-refractivity contribution in [3.8, 4) is 0 Å². The molecule has 0 atom stereocenters. The topological polar surface area (TPSA) is 0 Å². The average molecular weight is 132 g/mol. The summed E-state index contributed by atoms with van der Waals surface area (Å²) in [5, 5.41) is 0. The lowest BCUT2D eigenvalue weighted by Crippen LogP contribution is -1.83. The smallest absolute Gasteiger partial charge is 0.0204 e. The van der Waals surface area contributed by atoms with Crippen LogP contribution in [0.5, 0.6) is 0 Å². The molecular formula is C10H12. The minimum atomic E-state index is 1.27. The van der Waals surface area contributed by atoms with E-state index in [2.05, 4.69) is 38.6 Å². The van der Waals surface area contributed by atoms with Gasteiger partial charge >= 0.3 is 0 Å². The normalized spacial score (nSPS) is 9.40. The summed E-state index contributed by atoms with van der Waals surface area (Å²) >= 11 is 0. The predicted molar refractivity (Wildman–Crippen MR) is 46.0 cm³/mol. The number of rotatable bonds is 1. The molecule has 0 aromatic heterocycles. The van der Waals surface area contributed by atoms with Crippen LogP contribution in [0.15, 0.2) is 24.8 Å². The molecular weight excluding hydrogens is 120 g/mol. The number of hydrogen-bond donors (Lipinski definition) is 0. The maximum absolute atomic E-state index is 3.75. The van der Waals surface area contributed by atoms with Crippen LogP contribution >= 0.6 is 0 Å². The summed E-state index contributed by atoms with van der Waals surface area (Å²) in [6, 6.07) is 6.27. The van der Waals surface area contributed by atoms with Crippen molar-refractivity contribution in [1.82, 2.24) is 0 Å². The molecule has 0 unspecified atom stereocenters. The van der Waals surface area contributed by atoms with Crippen molar-refractivity contribution < 1.29 is 0 Å². The first-order chi connectivity index (χ1) is 4.75. The first kappa shape index (κ1) is 7.07. The van der Waals surface area contributed by atoms with Crippen LogP contribution in [0, 0.1) is 13.8 Å². The van der Waals surface area contributed by atoms with Crippen molar-refractivity contribution in [3.05, 3.63) is 41.5 Å². The number of benzene rings is 1. The Morgan fingerprint density at radius 2 is 1.70 bits per heavy atom. The molecule has 0 heterocycles. The molecule has 0 heteroatoms. The van der Waals surface area contributed by atoms with Crippen molar-refractivity contribution in [3.63, 3.8) is 0 Å². The Balaban J connectivity index is 3.30. The van der Waals surface area contributed by atoms with Gasteiger partial charge in [-0.05, 0) is 30.5 Å². The summed E-state index contributed by atoms with van der Waals surface area (Å²) in [5.74, 6) is 0. The lowest BCUT2D eigenvalue weighted by molar-refractivity contribution is 1.36. The molecule has 0 fully saturated rings. The van der Waals surface area contributed by atoms with Gasteiger partial charge in [-0.25, -0.2) is 0 Å². The summed E-state index contributed by atoms with van der Waals surface area (Å²) in [4.78, 5) is 0. The molecule has 1 aromatic carbocycles.